The normalized spacial score (nSPS) is 16.3. The van der Waals surface area contributed by atoms with E-state index in [1.165, 1.54) is 5.56 Å². The third-order valence-electron chi connectivity index (χ3n) is 5.75. The van der Waals surface area contributed by atoms with Crippen molar-refractivity contribution in [2.75, 3.05) is 38.1 Å². The number of aromatic nitrogens is 2. The van der Waals surface area contributed by atoms with Crippen molar-refractivity contribution in [3.05, 3.63) is 53.0 Å². The van der Waals surface area contributed by atoms with Gasteiger partial charge in [-0.05, 0) is 31.2 Å². The molecule has 0 spiro atoms. The number of β-amino-alcohol motifs (C(OH)–C–C–N with tert-alkyl or cyclic N) is 1. The molecule has 32 heavy (non-hydrogen) atoms. The smallest absolute Gasteiger partial charge is 0.290 e. The molecule has 0 bridgehead atoms. The molecule has 4 rings (SSSR count). The van der Waals surface area contributed by atoms with Gasteiger partial charge in [0.05, 0.1) is 6.61 Å². The number of anilines is 1. The van der Waals surface area contributed by atoms with Crippen LogP contribution < -0.4 is 10.6 Å². The van der Waals surface area contributed by atoms with Gasteiger partial charge < -0.3 is 25.7 Å². The molecule has 1 aromatic carbocycles. The molecule has 172 valence electrons. The molecule has 1 amide bonds. The van der Waals surface area contributed by atoms with E-state index in [-0.39, 0.29) is 19.0 Å². The van der Waals surface area contributed by atoms with Crippen LogP contribution >= 0.6 is 0 Å². The lowest BCUT2D eigenvalue weighted by atomic mass is 10.0. The molecule has 0 aliphatic carbocycles. The van der Waals surface area contributed by atoms with Crippen LogP contribution in [0.5, 0.6) is 0 Å². The number of fused-ring (bicyclic) bond motifs is 1. The topological polar surface area (TPSA) is 128 Å². The Bertz CT molecular complexity index is 885. The highest BCUT2D eigenvalue weighted by Gasteiger charge is 2.26. The zero-order chi connectivity index (χ0) is 22.8. The summed E-state index contributed by atoms with van der Waals surface area (Å²) < 4.78 is 0. The van der Waals surface area contributed by atoms with E-state index >= 15 is 0 Å². The molecule has 2 aromatic rings. The molecule has 3 heterocycles. The number of nitrogens with one attached hydrogen (secondary N) is 2. The Morgan fingerprint density at radius 3 is 2.56 bits per heavy atom. The number of aliphatic hydroxyl groups is 1. The summed E-state index contributed by atoms with van der Waals surface area (Å²) in [5.74, 6) is 1.44. The van der Waals surface area contributed by atoms with Crippen molar-refractivity contribution in [1.82, 2.24) is 20.2 Å². The first-order valence-corrected chi connectivity index (χ1v) is 11.0. The molecule has 2 aliphatic rings. The minimum atomic E-state index is -0.250. The van der Waals surface area contributed by atoms with E-state index in [2.05, 4.69) is 32.7 Å². The standard InChI is InChI=1S/C22H29N5O2.CH2O2/c28-15-14-27-12-9-17(10-13-27)24-21-18-8-11-23-22(29)20(18)25-19(26-21)7-6-16-4-2-1-3-5-16;2-1-3/h1-5,17,28H,6-15H2,(H,23,29)(H,24,25,26);1H,(H,2,3). The zero-order valence-corrected chi connectivity index (χ0v) is 18.2. The van der Waals surface area contributed by atoms with E-state index in [1.807, 2.05) is 18.2 Å². The predicted octanol–water partition coefficient (Wildman–Crippen LogP) is 1.12. The summed E-state index contributed by atoms with van der Waals surface area (Å²) >= 11 is 0. The number of rotatable bonds is 7. The number of hydrogen-bond donors (Lipinski definition) is 4. The van der Waals surface area contributed by atoms with Crippen LogP contribution in [0.4, 0.5) is 5.82 Å². The first-order valence-electron chi connectivity index (χ1n) is 11.0. The first-order chi connectivity index (χ1) is 15.6. The van der Waals surface area contributed by atoms with Crippen molar-refractivity contribution in [2.24, 2.45) is 0 Å². The van der Waals surface area contributed by atoms with Crippen molar-refractivity contribution in [3.8, 4) is 0 Å². The maximum absolute atomic E-state index is 12.4. The number of amides is 1. The molecule has 4 N–H and O–H groups in total. The highest BCUT2D eigenvalue weighted by atomic mass is 16.3. The van der Waals surface area contributed by atoms with E-state index in [0.717, 1.165) is 56.7 Å². The van der Waals surface area contributed by atoms with E-state index < -0.39 is 0 Å². The number of carbonyl (C=O) groups excluding carboxylic acids is 1. The highest BCUT2D eigenvalue weighted by Crippen LogP contribution is 2.24. The lowest BCUT2D eigenvalue weighted by Gasteiger charge is -2.33. The fourth-order valence-electron chi connectivity index (χ4n) is 4.11. The minimum absolute atomic E-state index is 0.101. The summed E-state index contributed by atoms with van der Waals surface area (Å²) in [4.78, 5) is 32.5. The summed E-state index contributed by atoms with van der Waals surface area (Å²) in [6, 6.07) is 10.6. The van der Waals surface area contributed by atoms with Gasteiger partial charge in [0.15, 0.2) is 0 Å². The Morgan fingerprint density at radius 1 is 1.16 bits per heavy atom. The van der Waals surface area contributed by atoms with Crippen molar-refractivity contribution in [2.45, 2.75) is 38.1 Å². The third kappa shape index (κ3) is 6.48. The monoisotopic (exact) mass is 441 g/mol. The second-order valence-electron chi connectivity index (χ2n) is 7.90. The number of aliphatic hydroxyl groups excluding tert-OH is 1. The lowest BCUT2D eigenvalue weighted by Crippen LogP contribution is -2.41. The molecule has 9 nitrogen and oxygen atoms in total. The number of nitrogens with zero attached hydrogens (tertiary/aromatic N) is 3. The number of piperidine rings is 1. The average molecular weight is 442 g/mol. The van der Waals surface area contributed by atoms with Crippen molar-refractivity contribution < 1.29 is 19.8 Å². The molecule has 0 atom stereocenters. The largest absolute Gasteiger partial charge is 0.483 e. The molecule has 1 aromatic heterocycles. The highest BCUT2D eigenvalue weighted by molar-refractivity contribution is 5.96. The average Bonchev–Trinajstić information content (AvgIpc) is 2.81. The van der Waals surface area contributed by atoms with Crippen molar-refractivity contribution in [1.29, 1.82) is 0 Å². The van der Waals surface area contributed by atoms with Gasteiger partial charge in [0, 0.05) is 44.2 Å². The Morgan fingerprint density at radius 2 is 1.88 bits per heavy atom. The molecule has 0 saturated carbocycles. The molecule has 2 aliphatic heterocycles. The number of aryl methyl sites for hydroxylation is 2. The molecule has 0 radical (unpaired) electrons. The number of benzene rings is 1. The van der Waals surface area contributed by atoms with Gasteiger partial charge in [-0.15, -0.1) is 0 Å². The molecule has 0 unspecified atom stereocenters. The van der Waals surface area contributed by atoms with E-state index in [4.69, 9.17) is 20.0 Å². The van der Waals surface area contributed by atoms with Gasteiger partial charge in [0.2, 0.25) is 0 Å². The Kier molecular flexibility index (Phi) is 8.94. The van der Waals surface area contributed by atoms with Gasteiger partial charge in [0.1, 0.15) is 17.3 Å². The summed E-state index contributed by atoms with van der Waals surface area (Å²) in [7, 11) is 0. The van der Waals surface area contributed by atoms with Gasteiger partial charge in [-0.25, -0.2) is 9.97 Å². The van der Waals surface area contributed by atoms with Crippen molar-refractivity contribution >= 4 is 18.2 Å². The van der Waals surface area contributed by atoms with E-state index in [9.17, 15) is 4.79 Å². The van der Waals surface area contributed by atoms with Gasteiger partial charge in [0.25, 0.3) is 12.4 Å². The molecule has 9 heteroatoms. The zero-order valence-electron chi connectivity index (χ0n) is 18.2. The first kappa shape index (κ1) is 23.6. The second-order valence-corrected chi connectivity index (χ2v) is 7.90. The summed E-state index contributed by atoms with van der Waals surface area (Å²) in [5.41, 5.74) is 2.70. The van der Waals surface area contributed by atoms with Crippen LogP contribution in [0.2, 0.25) is 0 Å². The molecular formula is C23H31N5O4. The molecular weight excluding hydrogens is 410 g/mol. The SMILES string of the molecule is O=C1NCCc2c(NC3CCN(CCO)CC3)nc(CCc3ccccc3)nc21.O=CO. The summed E-state index contributed by atoms with van der Waals surface area (Å²) in [6.45, 7) is 3.25. The van der Waals surface area contributed by atoms with Gasteiger partial charge >= 0.3 is 0 Å². The Hall–Kier alpha value is -3.04. The third-order valence-corrected chi connectivity index (χ3v) is 5.75. The Balaban J connectivity index is 0.000000913. The minimum Gasteiger partial charge on any atom is -0.483 e. The van der Waals surface area contributed by atoms with Crippen LogP contribution in [0.25, 0.3) is 0 Å². The molecule has 1 fully saturated rings. The van der Waals surface area contributed by atoms with Crippen LogP contribution in [-0.2, 0) is 24.1 Å². The van der Waals surface area contributed by atoms with Crippen LogP contribution in [-0.4, -0.2) is 76.3 Å². The number of hydrogen-bond acceptors (Lipinski definition) is 7. The van der Waals surface area contributed by atoms with Gasteiger partial charge in [-0.3, -0.25) is 9.59 Å². The maximum Gasteiger partial charge on any atom is 0.290 e. The fourth-order valence-corrected chi connectivity index (χ4v) is 4.11. The quantitative estimate of drug-likeness (QED) is 0.471. The van der Waals surface area contributed by atoms with Crippen LogP contribution in [0.15, 0.2) is 30.3 Å². The summed E-state index contributed by atoms with van der Waals surface area (Å²) in [6.07, 6.45) is 4.31. The van der Waals surface area contributed by atoms with E-state index in [1.54, 1.807) is 0 Å². The second kappa shape index (κ2) is 12.1. The predicted molar refractivity (Wildman–Crippen MR) is 121 cm³/mol. The van der Waals surface area contributed by atoms with Crippen LogP contribution in [0.3, 0.4) is 0 Å². The number of carboxylic acid groups (broad SMARTS) is 1. The lowest BCUT2D eigenvalue weighted by molar-refractivity contribution is -0.122. The van der Waals surface area contributed by atoms with Gasteiger partial charge in [-0.2, -0.15) is 0 Å². The number of carbonyl (C=O) groups is 2. The van der Waals surface area contributed by atoms with Gasteiger partial charge in [-0.1, -0.05) is 30.3 Å². The number of likely N-dealkylation sites (tertiary alicyclic amines) is 1. The molecule has 1 saturated heterocycles. The van der Waals surface area contributed by atoms with E-state index in [0.29, 0.717) is 30.5 Å². The van der Waals surface area contributed by atoms with Crippen molar-refractivity contribution in [3.63, 3.8) is 0 Å². The van der Waals surface area contributed by atoms with Crippen LogP contribution in [0.1, 0.15) is 40.3 Å². The maximum atomic E-state index is 12.4. The fraction of sp³-hybridized carbons (Fsp3) is 0.478. The van der Waals surface area contributed by atoms with Crippen LogP contribution in [0, 0.1) is 0 Å². The Labute approximate surface area is 187 Å². The summed E-state index contributed by atoms with van der Waals surface area (Å²) in [5, 5.41) is 22.5.